The highest BCUT2D eigenvalue weighted by Gasteiger charge is 2.39. The van der Waals surface area contributed by atoms with Crippen molar-refractivity contribution in [2.45, 2.75) is 65.7 Å². The Morgan fingerprint density at radius 3 is 2.16 bits per heavy atom. The lowest BCUT2D eigenvalue weighted by atomic mass is 10.1. The second kappa shape index (κ2) is 9.15. The number of quaternary nitrogens is 1. The molecule has 0 bridgehead atoms. The van der Waals surface area contributed by atoms with Crippen LogP contribution in [0.1, 0.15) is 41.5 Å². The van der Waals surface area contributed by atoms with E-state index in [1.165, 1.54) is 0 Å². The van der Waals surface area contributed by atoms with Gasteiger partial charge in [-0.25, -0.2) is 4.79 Å². The Morgan fingerprint density at radius 1 is 1.24 bits per heavy atom. The van der Waals surface area contributed by atoms with Crippen molar-refractivity contribution in [1.29, 1.82) is 0 Å². The number of carbonyl (C=O) groups is 1. The number of carbonyl (C=O) groups excluding carboxylic acids is 1. The van der Waals surface area contributed by atoms with Crippen LogP contribution >= 0.6 is 0 Å². The lowest BCUT2D eigenvalue weighted by molar-refractivity contribution is -0.904. The molecule has 1 atom stereocenters. The zero-order chi connectivity index (χ0) is 20.1. The largest absolute Gasteiger partial charge is 0.463 e. The van der Waals surface area contributed by atoms with E-state index in [1.54, 1.807) is 6.92 Å². The third-order valence-electron chi connectivity index (χ3n) is 5.29. The van der Waals surface area contributed by atoms with Crippen LogP contribution in [-0.4, -0.2) is 58.7 Å². The van der Waals surface area contributed by atoms with Crippen LogP contribution in [0.25, 0.3) is 0 Å². The van der Waals surface area contributed by atoms with Crippen molar-refractivity contribution in [2.75, 3.05) is 33.9 Å². The van der Waals surface area contributed by atoms with Crippen molar-refractivity contribution in [1.82, 2.24) is 0 Å². The molecule has 0 amide bonds. The summed E-state index contributed by atoms with van der Waals surface area (Å²) in [6.45, 7) is 22.9. The van der Waals surface area contributed by atoms with E-state index >= 15 is 0 Å². The van der Waals surface area contributed by atoms with Gasteiger partial charge in [0.1, 0.15) is 6.04 Å². The Labute approximate surface area is 156 Å². The molecule has 5 heteroatoms. The number of rotatable bonds is 9. The van der Waals surface area contributed by atoms with E-state index < -0.39 is 8.32 Å². The minimum Gasteiger partial charge on any atom is -0.463 e. The van der Waals surface area contributed by atoms with E-state index in [2.05, 4.69) is 61.5 Å². The first-order chi connectivity index (χ1) is 11.2. The van der Waals surface area contributed by atoms with Crippen LogP contribution < -0.4 is 0 Å². The first-order valence-electron chi connectivity index (χ1n) is 9.11. The minimum atomic E-state index is -1.81. The summed E-state index contributed by atoms with van der Waals surface area (Å²) in [6, 6.07) is 0.181. The molecule has 0 N–H and O–H groups in total. The van der Waals surface area contributed by atoms with E-state index in [-0.39, 0.29) is 17.0 Å². The van der Waals surface area contributed by atoms with Crippen LogP contribution in [0.4, 0.5) is 0 Å². The molecule has 0 aromatic rings. The number of likely N-dealkylation sites (N-methyl/N-ethyl adjacent to an activating group) is 1. The predicted octanol–water partition coefficient (Wildman–Crippen LogP) is 4.54. The van der Waals surface area contributed by atoms with Gasteiger partial charge in [-0.1, -0.05) is 27.4 Å². The van der Waals surface area contributed by atoms with Crippen LogP contribution in [0.3, 0.4) is 0 Å². The molecule has 0 radical (unpaired) electrons. The van der Waals surface area contributed by atoms with Crippen LogP contribution in [0, 0.1) is 0 Å². The molecule has 0 fully saturated rings. The summed E-state index contributed by atoms with van der Waals surface area (Å²) in [6.07, 6.45) is 1.96. The van der Waals surface area contributed by atoms with E-state index in [4.69, 9.17) is 9.16 Å². The molecule has 0 saturated carbocycles. The topological polar surface area (TPSA) is 35.5 Å². The van der Waals surface area contributed by atoms with E-state index in [9.17, 15) is 4.79 Å². The summed E-state index contributed by atoms with van der Waals surface area (Å²) in [7, 11) is 2.51. The Morgan fingerprint density at radius 2 is 1.76 bits per heavy atom. The van der Waals surface area contributed by atoms with Gasteiger partial charge in [0.25, 0.3) is 0 Å². The summed E-state index contributed by atoms with van der Waals surface area (Å²) >= 11 is 0. The number of hydrogen-bond acceptors (Lipinski definition) is 3. The predicted molar refractivity (Wildman–Crippen MR) is 109 cm³/mol. The first kappa shape index (κ1) is 24.1. The molecule has 0 aromatic carbocycles. The number of esters is 1. The van der Waals surface area contributed by atoms with Crippen molar-refractivity contribution in [3.63, 3.8) is 0 Å². The summed E-state index contributed by atoms with van der Waals surface area (Å²) in [4.78, 5) is 11.8. The molecule has 0 aliphatic heterocycles. The SMILES string of the molecule is C=C(C)C(CO[Si](C)(C)C(C)(C)C)[N+](C)(C)C/C=C(\C)C(=O)OCC. The normalized spacial score (nSPS) is 15.0. The molecule has 0 rings (SSSR count). The van der Waals surface area contributed by atoms with Gasteiger partial charge in [-0.15, -0.1) is 0 Å². The maximum atomic E-state index is 11.8. The maximum Gasteiger partial charge on any atom is 0.333 e. The van der Waals surface area contributed by atoms with Gasteiger partial charge in [-0.3, -0.25) is 0 Å². The summed E-state index contributed by atoms with van der Waals surface area (Å²) in [5.74, 6) is -0.244. The Bertz CT molecular complexity index is 502. The fraction of sp³-hybridized carbons (Fsp3) is 0.750. The molecule has 0 heterocycles. The number of ether oxygens (including phenoxy) is 1. The van der Waals surface area contributed by atoms with Crippen molar-refractivity contribution < 1.29 is 18.4 Å². The molecule has 1 unspecified atom stereocenters. The maximum absolute atomic E-state index is 11.8. The minimum absolute atomic E-state index is 0.181. The van der Waals surface area contributed by atoms with E-state index in [0.717, 1.165) is 12.1 Å². The van der Waals surface area contributed by atoms with Crippen LogP contribution in [0.2, 0.25) is 18.1 Å². The van der Waals surface area contributed by atoms with Gasteiger partial charge in [0.2, 0.25) is 0 Å². The highest BCUT2D eigenvalue weighted by atomic mass is 28.4. The quantitative estimate of drug-likeness (QED) is 0.196. The van der Waals surface area contributed by atoms with Crippen LogP contribution in [0.5, 0.6) is 0 Å². The second-order valence-electron chi connectivity index (χ2n) is 9.00. The molecule has 4 nitrogen and oxygen atoms in total. The standard InChI is InChI=1S/C20H40NO3Si/c1-12-23-19(22)17(4)13-14-21(8,9)18(16(2)3)15-24-25(10,11)20(5,6)7/h13,18H,2,12,14-15H2,1,3-11H3/q+1/b17-13+. The van der Waals surface area contributed by atoms with Crippen molar-refractivity contribution in [3.8, 4) is 0 Å². The van der Waals surface area contributed by atoms with Crippen molar-refractivity contribution in [2.24, 2.45) is 0 Å². The molecule has 0 aliphatic rings. The fourth-order valence-electron chi connectivity index (χ4n) is 2.27. The molecule has 0 aliphatic carbocycles. The average molecular weight is 371 g/mol. The highest BCUT2D eigenvalue weighted by Crippen LogP contribution is 2.37. The second-order valence-corrected chi connectivity index (χ2v) is 13.8. The van der Waals surface area contributed by atoms with E-state index in [1.807, 2.05) is 13.0 Å². The third kappa shape index (κ3) is 7.46. The van der Waals surface area contributed by atoms with Gasteiger partial charge in [0.05, 0.1) is 33.9 Å². The van der Waals surface area contributed by atoms with Gasteiger partial charge < -0.3 is 13.6 Å². The summed E-state index contributed by atoms with van der Waals surface area (Å²) < 4.78 is 12.2. The zero-order valence-electron chi connectivity index (χ0n) is 18.2. The highest BCUT2D eigenvalue weighted by molar-refractivity contribution is 6.74. The van der Waals surface area contributed by atoms with Crippen LogP contribution in [-0.2, 0) is 14.0 Å². The summed E-state index contributed by atoms with van der Waals surface area (Å²) in [5.41, 5.74) is 1.75. The average Bonchev–Trinajstić information content (AvgIpc) is 2.43. The van der Waals surface area contributed by atoms with Gasteiger partial charge in [0.15, 0.2) is 8.32 Å². The lowest BCUT2D eigenvalue weighted by Gasteiger charge is -2.42. The molecule has 146 valence electrons. The van der Waals surface area contributed by atoms with Crippen LogP contribution in [0.15, 0.2) is 23.8 Å². The Kier molecular flexibility index (Phi) is 8.81. The van der Waals surface area contributed by atoms with Crippen molar-refractivity contribution >= 4 is 14.3 Å². The van der Waals surface area contributed by atoms with E-state index in [0.29, 0.717) is 23.3 Å². The van der Waals surface area contributed by atoms with Gasteiger partial charge in [-0.05, 0) is 50.6 Å². The number of hydrogen-bond donors (Lipinski definition) is 0. The van der Waals surface area contributed by atoms with Gasteiger partial charge >= 0.3 is 5.97 Å². The monoisotopic (exact) mass is 370 g/mol. The Hall–Kier alpha value is -0.913. The lowest BCUT2D eigenvalue weighted by Crippen LogP contribution is -2.54. The molecule has 0 aromatic heterocycles. The fourth-order valence-corrected chi connectivity index (χ4v) is 3.28. The Balaban J connectivity index is 5.16. The first-order valence-corrected chi connectivity index (χ1v) is 12.0. The van der Waals surface area contributed by atoms with Crippen molar-refractivity contribution in [3.05, 3.63) is 23.8 Å². The molecule has 0 spiro atoms. The third-order valence-corrected chi connectivity index (χ3v) is 9.79. The number of nitrogens with zero attached hydrogens (tertiary/aromatic N) is 1. The molecular weight excluding hydrogens is 330 g/mol. The smallest absolute Gasteiger partial charge is 0.333 e. The zero-order valence-corrected chi connectivity index (χ0v) is 19.2. The molecular formula is C20H40NO3Si+. The van der Waals surface area contributed by atoms with Gasteiger partial charge in [0, 0.05) is 5.57 Å². The van der Waals surface area contributed by atoms with Gasteiger partial charge in [-0.2, -0.15) is 0 Å². The molecule has 25 heavy (non-hydrogen) atoms. The molecule has 0 saturated heterocycles. The summed E-state index contributed by atoms with van der Waals surface area (Å²) in [5, 5.41) is 0.185.